The van der Waals surface area contributed by atoms with Crippen LogP contribution in [0.15, 0.2) is 81.5 Å². The van der Waals surface area contributed by atoms with E-state index >= 15 is 0 Å². The summed E-state index contributed by atoms with van der Waals surface area (Å²) in [6, 6.07) is 0. The van der Waals surface area contributed by atoms with Gasteiger partial charge in [0.2, 0.25) is 0 Å². The van der Waals surface area contributed by atoms with Crippen LogP contribution in [0.25, 0.3) is 0 Å². The van der Waals surface area contributed by atoms with E-state index in [-0.39, 0.29) is 0 Å². The van der Waals surface area contributed by atoms with Crippen molar-refractivity contribution in [2.24, 2.45) is 5.92 Å². The molecule has 29 heavy (non-hydrogen) atoms. The van der Waals surface area contributed by atoms with Crippen molar-refractivity contribution in [3.8, 4) is 0 Å². The molecular formula is C29H48. The van der Waals surface area contributed by atoms with E-state index in [4.69, 9.17) is 0 Å². The highest BCUT2D eigenvalue weighted by Gasteiger charge is 2.27. The van der Waals surface area contributed by atoms with E-state index < -0.39 is 0 Å². The molecule has 0 aromatic rings. The first-order valence-electron chi connectivity index (χ1n) is 11.1. The Morgan fingerprint density at radius 1 is 0.862 bits per heavy atom. The third-order valence-electron chi connectivity index (χ3n) is 5.05. The summed E-state index contributed by atoms with van der Waals surface area (Å²) in [5.74, 6) is 0.408. The molecule has 0 aromatic heterocycles. The van der Waals surface area contributed by atoms with Crippen molar-refractivity contribution in [1.29, 1.82) is 0 Å². The van der Waals surface area contributed by atoms with Crippen LogP contribution in [0.3, 0.4) is 0 Å². The summed E-state index contributed by atoms with van der Waals surface area (Å²) in [6.45, 7) is 34.1. The lowest BCUT2D eigenvalue weighted by molar-refractivity contribution is 0.706. The highest BCUT2D eigenvalue weighted by Crippen LogP contribution is 2.43. The molecule has 1 rings (SSSR count). The number of allylic oxidation sites excluding steroid dienone is 12. The number of hydrogen-bond donors (Lipinski definition) is 0. The fourth-order valence-electron chi connectivity index (χ4n) is 3.22. The Kier molecular flexibility index (Phi) is 15.3. The minimum Gasteiger partial charge on any atom is -0.0955 e. The van der Waals surface area contributed by atoms with Crippen LogP contribution in [0.5, 0.6) is 0 Å². The average Bonchev–Trinajstić information content (AvgIpc) is 2.62. The summed E-state index contributed by atoms with van der Waals surface area (Å²) in [4.78, 5) is 0. The van der Waals surface area contributed by atoms with Gasteiger partial charge in [-0.2, -0.15) is 0 Å². The maximum absolute atomic E-state index is 4.41. The summed E-state index contributed by atoms with van der Waals surface area (Å²) in [5, 5.41) is 0. The van der Waals surface area contributed by atoms with Gasteiger partial charge < -0.3 is 0 Å². The molecule has 0 saturated heterocycles. The summed E-state index contributed by atoms with van der Waals surface area (Å²) < 4.78 is 0. The van der Waals surface area contributed by atoms with Gasteiger partial charge in [0.15, 0.2) is 0 Å². The Bertz CT molecular complexity index is 699. The molecule has 0 spiro atoms. The molecule has 0 radical (unpaired) electrons. The van der Waals surface area contributed by atoms with Crippen molar-refractivity contribution in [2.75, 3.05) is 0 Å². The lowest BCUT2D eigenvalue weighted by Crippen LogP contribution is -2.16. The zero-order valence-corrected chi connectivity index (χ0v) is 21.6. The van der Waals surface area contributed by atoms with Crippen molar-refractivity contribution in [3.63, 3.8) is 0 Å². The van der Waals surface area contributed by atoms with Crippen LogP contribution in [0, 0.1) is 5.92 Å². The van der Waals surface area contributed by atoms with Gasteiger partial charge in [0.25, 0.3) is 0 Å². The van der Waals surface area contributed by atoms with Gasteiger partial charge in [-0.3, -0.25) is 0 Å². The Morgan fingerprint density at radius 2 is 1.31 bits per heavy atom. The summed E-state index contributed by atoms with van der Waals surface area (Å²) >= 11 is 0. The minimum absolute atomic E-state index is 0.408. The lowest BCUT2D eigenvalue weighted by Gasteiger charge is -2.32. The van der Waals surface area contributed by atoms with Crippen LogP contribution in [-0.4, -0.2) is 0 Å². The first-order valence-corrected chi connectivity index (χ1v) is 11.1. The van der Waals surface area contributed by atoms with E-state index in [0.29, 0.717) is 5.92 Å². The fraction of sp³-hybridized carbons (Fsp3) is 0.517. The zero-order valence-electron chi connectivity index (χ0n) is 21.6. The predicted molar refractivity (Wildman–Crippen MR) is 137 cm³/mol. The normalized spacial score (nSPS) is 15.4. The minimum atomic E-state index is 0.408. The summed E-state index contributed by atoms with van der Waals surface area (Å²) in [7, 11) is 0. The van der Waals surface area contributed by atoms with Crippen LogP contribution in [0.1, 0.15) is 95.9 Å². The molecule has 164 valence electrons. The Balaban J connectivity index is 0. The van der Waals surface area contributed by atoms with E-state index in [1.54, 1.807) is 0 Å². The van der Waals surface area contributed by atoms with E-state index in [2.05, 4.69) is 93.7 Å². The van der Waals surface area contributed by atoms with Gasteiger partial charge in [0, 0.05) is 5.92 Å². The first-order chi connectivity index (χ1) is 13.4. The molecule has 0 heteroatoms. The van der Waals surface area contributed by atoms with E-state index in [0.717, 1.165) is 18.4 Å². The first kappa shape index (κ1) is 29.4. The standard InChI is InChI=1S/C22H32.C5H10.C2H6/c1-14(2)10-12-20-17(7)21(13-11-15(3)4)19(9)22(16(5)6)18(20)8;1-4-5(2)3;1-2/h10-11,20H,5,8,12-13H2,1-4,6-7,9H3;4H,1-3H3;1-2H3. The second kappa shape index (κ2) is 15.1. The van der Waals surface area contributed by atoms with Gasteiger partial charge in [-0.1, -0.05) is 73.1 Å². The van der Waals surface area contributed by atoms with Crippen LogP contribution in [0.2, 0.25) is 0 Å². The maximum Gasteiger partial charge on any atom is 0.00862 e. The lowest BCUT2D eigenvalue weighted by atomic mass is 9.72. The quantitative estimate of drug-likeness (QED) is 0.405. The van der Waals surface area contributed by atoms with Gasteiger partial charge in [-0.05, 0) is 104 Å². The van der Waals surface area contributed by atoms with Crippen LogP contribution < -0.4 is 0 Å². The molecule has 1 aliphatic rings. The van der Waals surface area contributed by atoms with Crippen molar-refractivity contribution in [1.82, 2.24) is 0 Å². The largest absolute Gasteiger partial charge is 0.0955 e. The van der Waals surface area contributed by atoms with Crippen molar-refractivity contribution < 1.29 is 0 Å². The van der Waals surface area contributed by atoms with Gasteiger partial charge >= 0.3 is 0 Å². The molecule has 0 aliphatic heterocycles. The van der Waals surface area contributed by atoms with Crippen molar-refractivity contribution >= 4 is 0 Å². The van der Waals surface area contributed by atoms with Crippen LogP contribution in [-0.2, 0) is 0 Å². The van der Waals surface area contributed by atoms with Crippen molar-refractivity contribution in [2.45, 2.75) is 95.9 Å². The summed E-state index contributed by atoms with van der Waals surface area (Å²) in [5.41, 5.74) is 12.1. The third-order valence-corrected chi connectivity index (χ3v) is 5.05. The zero-order chi connectivity index (χ0) is 23.3. The van der Waals surface area contributed by atoms with E-state index in [1.807, 2.05) is 20.8 Å². The Labute approximate surface area is 183 Å². The highest BCUT2D eigenvalue weighted by molar-refractivity contribution is 5.60. The predicted octanol–water partition coefficient (Wildman–Crippen LogP) is 10.1. The van der Waals surface area contributed by atoms with Crippen LogP contribution in [0.4, 0.5) is 0 Å². The van der Waals surface area contributed by atoms with Gasteiger partial charge in [-0.15, -0.1) is 0 Å². The monoisotopic (exact) mass is 396 g/mol. The molecule has 0 saturated carbocycles. The molecule has 0 bridgehead atoms. The molecule has 1 atom stereocenters. The highest BCUT2D eigenvalue weighted by atomic mass is 14.3. The molecule has 0 fully saturated rings. The van der Waals surface area contributed by atoms with Gasteiger partial charge in [-0.25, -0.2) is 0 Å². The molecule has 0 N–H and O–H groups in total. The smallest absolute Gasteiger partial charge is 0.00862 e. The van der Waals surface area contributed by atoms with Gasteiger partial charge in [0.1, 0.15) is 0 Å². The van der Waals surface area contributed by atoms with Crippen LogP contribution >= 0.6 is 0 Å². The number of rotatable bonds is 5. The molecule has 1 unspecified atom stereocenters. The molecule has 0 heterocycles. The molecule has 0 nitrogen and oxygen atoms in total. The molecular weight excluding hydrogens is 348 g/mol. The second-order valence-corrected chi connectivity index (χ2v) is 8.39. The SMILES string of the molecule is C=C(C)C1=C(C)C(CC=C(C)C)=C(C)C(CC=C(C)C)C1=C.CC.CC=C(C)C. The van der Waals surface area contributed by atoms with Crippen molar-refractivity contribution in [3.05, 3.63) is 81.5 Å². The third kappa shape index (κ3) is 10.5. The topological polar surface area (TPSA) is 0 Å². The molecule has 0 amide bonds. The molecule has 1 aliphatic carbocycles. The average molecular weight is 397 g/mol. The fourth-order valence-corrected chi connectivity index (χ4v) is 3.22. The summed E-state index contributed by atoms with van der Waals surface area (Å²) in [6.07, 6.45) is 8.78. The molecule has 0 aromatic carbocycles. The Morgan fingerprint density at radius 3 is 1.66 bits per heavy atom. The van der Waals surface area contributed by atoms with E-state index in [1.165, 1.54) is 44.6 Å². The second-order valence-electron chi connectivity index (χ2n) is 8.39. The van der Waals surface area contributed by atoms with E-state index in [9.17, 15) is 0 Å². The van der Waals surface area contributed by atoms with Gasteiger partial charge in [0.05, 0.1) is 0 Å². The maximum atomic E-state index is 4.41. The Hall–Kier alpha value is -1.82. The number of hydrogen-bond acceptors (Lipinski definition) is 0.